The average molecular weight is 254 g/mol. The van der Waals surface area contributed by atoms with E-state index < -0.39 is 0 Å². The van der Waals surface area contributed by atoms with E-state index in [4.69, 9.17) is 0 Å². The summed E-state index contributed by atoms with van der Waals surface area (Å²) in [6.45, 7) is 7.37. The topological polar surface area (TPSA) is 24.9 Å². The summed E-state index contributed by atoms with van der Waals surface area (Å²) in [5, 5.41) is 3.57. The molecule has 0 spiro atoms. The van der Waals surface area contributed by atoms with Crippen molar-refractivity contribution in [2.75, 3.05) is 0 Å². The molecule has 19 heavy (non-hydrogen) atoms. The second-order valence-corrected chi connectivity index (χ2v) is 5.00. The number of aryl methyl sites for hydroxylation is 2. The van der Waals surface area contributed by atoms with Crippen LogP contribution < -0.4 is 5.32 Å². The molecule has 0 saturated heterocycles. The summed E-state index contributed by atoms with van der Waals surface area (Å²) >= 11 is 0. The zero-order chi connectivity index (χ0) is 13.7. The Kier molecular flexibility index (Phi) is 4.69. The van der Waals surface area contributed by atoms with Gasteiger partial charge < -0.3 is 5.32 Å². The van der Waals surface area contributed by atoms with Gasteiger partial charge in [-0.15, -0.1) is 0 Å². The lowest BCUT2D eigenvalue weighted by atomic mass is 10.0. The van der Waals surface area contributed by atoms with Crippen molar-refractivity contribution in [1.82, 2.24) is 10.3 Å². The van der Waals surface area contributed by atoms with E-state index in [0.29, 0.717) is 6.04 Å². The van der Waals surface area contributed by atoms with E-state index in [9.17, 15) is 0 Å². The van der Waals surface area contributed by atoms with Crippen LogP contribution in [-0.4, -0.2) is 4.98 Å². The van der Waals surface area contributed by atoms with Crippen LogP contribution in [0.3, 0.4) is 0 Å². The fourth-order valence-electron chi connectivity index (χ4n) is 2.12. The van der Waals surface area contributed by atoms with Gasteiger partial charge in [0.1, 0.15) is 0 Å². The molecule has 1 atom stereocenters. The Morgan fingerprint density at radius 3 is 2.53 bits per heavy atom. The van der Waals surface area contributed by atoms with E-state index >= 15 is 0 Å². The van der Waals surface area contributed by atoms with Crippen LogP contribution in [0, 0.1) is 6.92 Å². The molecule has 0 amide bonds. The second kappa shape index (κ2) is 6.48. The van der Waals surface area contributed by atoms with Gasteiger partial charge in [-0.1, -0.05) is 31.2 Å². The molecular weight excluding hydrogens is 232 g/mol. The molecule has 1 unspecified atom stereocenters. The number of benzene rings is 1. The van der Waals surface area contributed by atoms with Crippen LogP contribution in [0.25, 0.3) is 0 Å². The van der Waals surface area contributed by atoms with Crippen LogP contribution in [0.4, 0.5) is 0 Å². The van der Waals surface area contributed by atoms with Gasteiger partial charge in [-0.25, -0.2) is 0 Å². The Morgan fingerprint density at radius 1 is 1.16 bits per heavy atom. The maximum absolute atomic E-state index is 4.12. The molecule has 1 aromatic heterocycles. The lowest BCUT2D eigenvalue weighted by molar-refractivity contribution is 0.573. The first-order chi connectivity index (χ1) is 9.20. The van der Waals surface area contributed by atoms with Gasteiger partial charge in [0, 0.05) is 25.0 Å². The molecule has 100 valence electrons. The van der Waals surface area contributed by atoms with Gasteiger partial charge in [-0.05, 0) is 48.6 Å². The van der Waals surface area contributed by atoms with E-state index in [1.165, 1.54) is 22.3 Å². The molecule has 0 saturated carbocycles. The third kappa shape index (κ3) is 3.65. The minimum absolute atomic E-state index is 0.360. The van der Waals surface area contributed by atoms with Gasteiger partial charge in [0.05, 0.1) is 0 Å². The summed E-state index contributed by atoms with van der Waals surface area (Å²) in [5.41, 5.74) is 5.28. The Labute approximate surface area is 115 Å². The Bertz CT molecular complexity index is 517. The Balaban J connectivity index is 1.97. The monoisotopic (exact) mass is 254 g/mol. The molecule has 0 aliphatic heterocycles. The Hall–Kier alpha value is -1.67. The van der Waals surface area contributed by atoms with Gasteiger partial charge in [-0.3, -0.25) is 4.98 Å². The highest BCUT2D eigenvalue weighted by Gasteiger charge is 2.05. The lowest BCUT2D eigenvalue weighted by Gasteiger charge is -2.15. The zero-order valence-electron chi connectivity index (χ0n) is 12.0. The predicted octanol–water partition coefficient (Wildman–Crippen LogP) is 3.80. The maximum atomic E-state index is 4.12. The molecule has 1 heterocycles. The lowest BCUT2D eigenvalue weighted by Crippen LogP contribution is -2.18. The SMILES string of the molecule is CCc1ccc(C(C)NCc2ccncc2C)cc1. The van der Waals surface area contributed by atoms with Crippen molar-refractivity contribution >= 4 is 0 Å². The molecule has 2 nitrogen and oxygen atoms in total. The second-order valence-electron chi connectivity index (χ2n) is 5.00. The molecule has 0 fully saturated rings. The highest BCUT2D eigenvalue weighted by molar-refractivity contribution is 5.25. The van der Waals surface area contributed by atoms with Crippen LogP contribution in [0.2, 0.25) is 0 Å². The number of pyridine rings is 1. The van der Waals surface area contributed by atoms with Crippen LogP contribution in [0.1, 0.15) is 42.1 Å². The number of aromatic nitrogens is 1. The van der Waals surface area contributed by atoms with Crippen molar-refractivity contribution in [3.63, 3.8) is 0 Å². The largest absolute Gasteiger partial charge is 0.306 e. The molecule has 1 N–H and O–H groups in total. The zero-order valence-corrected chi connectivity index (χ0v) is 12.0. The molecular formula is C17H22N2. The first kappa shape index (κ1) is 13.8. The molecule has 2 heteroatoms. The molecule has 0 bridgehead atoms. The van der Waals surface area contributed by atoms with Crippen molar-refractivity contribution < 1.29 is 0 Å². The fraction of sp³-hybridized carbons (Fsp3) is 0.353. The molecule has 0 radical (unpaired) electrons. The maximum Gasteiger partial charge on any atom is 0.0300 e. The molecule has 1 aromatic carbocycles. The van der Waals surface area contributed by atoms with Crippen LogP contribution in [0.5, 0.6) is 0 Å². The summed E-state index contributed by atoms with van der Waals surface area (Å²) in [6.07, 6.45) is 4.86. The molecule has 2 aromatic rings. The molecule has 2 rings (SSSR count). The van der Waals surface area contributed by atoms with Crippen molar-refractivity contribution in [3.05, 3.63) is 65.0 Å². The average Bonchev–Trinajstić information content (AvgIpc) is 2.46. The highest BCUT2D eigenvalue weighted by atomic mass is 14.9. The number of nitrogens with one attached hydrogen (secondary N) is 1. The van der Waals surface area contributed by atoms with Crippen LogP contribution in [-0.2, 0) is 13.0 Å². The van der Waals surface area contributed by atoms with E-state index in [2.05, 4.69) is 61.4 Å². The van der Waals surface area contributed by atoms with Gasteiger partial charge in [-0.2, -0.15) is 0 Å². The van der Waals surface area contributed by atoms with E-state index in [1.54, 1.807) is 0 Å². The first-order valence-corrected chi connectivity index (χ1v) is 6.92. The van der Waals surface area contributed by atoms with Crippen molar-refractivity contribution in [2.24, 2.45) is 0 Å². The highest BCUT2D eigenvalue weighted by Crippen LogP contribution is 2.15. The molecule has 0 aliphatic rings. The van der Waals surface area contributed by atoms with Crippen molar-refractivity contribution in [1.29, 1.82) is 0 Å². The smallest absolute Gasteiger partial charge is 0.0300 e. The summed E-state index contributed by atoms with van der Waals surface area (Å²) in [4.78, 5) is 4.12. The van der Waals surface area contributed by atoms with Gasteiger partial charge in [0.25, 0.3) is 0 Å². The van der Waals surface area contributed by atoms with Crippen LogP contribution >= 0.6 is 0 Å². The number of hydrogen-bond acceptors (Lipinski definition) is 2. The standard InChI is InChI=1S/C17H22N2/c1-4-15-5-7-16(8-6-15)14(3)19-12-17-9-10-18-11-13(17)2/h5-11,14,19H,4,12H2,1-3H3. The van der Waals surface area contributed by atoms with Crippen molar-refractivity contribution in [3.8, 4) is 0 Å². The third-order valence-electron chi connectivity index (χ3n) is 3.62. The van der Waals surface area contributed by atoms with Gasteiger partial charge in [0.15, 0.2) is 0 Å². The normalized spacial score (nSPS) is 12.4. The number of rotatable bonds is 5. The van der Waals surface area contributed by atoms with Gasteiger partial charge in [0.2, 0.25) is 0 Å². The van der Waals surface area contributed by atoms with Crippen molar-refractivity contribution in [2.45, 2.75) is 39.8 Å². The quantitative estimate of drug-likeness (QED) is 0.877. The van der Waals surface area contributed by atoms with E-state index in [-0.39, 0.29) is 0 Å². The van der Waals surface area contributed by atoms with Crippen LogP contribution in [0.15, 0.2) is 42.7 Å². The summed E-state index contributed by atoms with van der Waals surface area (Å²) in [6, 6.07) is 11.3. The predicted molar refractivity (Wildman–Crippen MR) is 80.0 cm³/mol. The van der Waals surface area contributed by atoms with E-state index in [0.717, 1.165) is 13.0 Å². The first-order valence-electron chi connectivity index (χ1n) is 6.92. The number of nitrogens with zero attached hydrogens (tertiary/aromatic N) is 1. The minimum atomic E-state index is 0.360. The summed E-state index contributed by atoms with van der Waals surface area (Å²) in [5.74, 6) is 0. The Morgan fingerprint density at radius 2 is 1.89 bits per heavy atom. The van der Waals surface area contributed by atoms with Gasteiger partial charge >= 0.3 is 0 Å². The number of hydrogen-bond donors (Lipinski definition) is 1. The van der Waals surface area contributed by atoms with E-state index in [1.807, 2.05) is 12.4 Å². The fourth-order valence-corrected chi connectivity index (χ4v) is 2.12. The molecule has 0 aliphatic carbocycles. The third-order valence-corrected chi connectivity index (χ3v) is 3.62. The summed E-state index contributed by atoms with van der Waals surface area (Å²) in [7, 11) is 0. The summed E-state index contributed by atoms with van der Waals surface area (Å²) < 4.78 is 0. The minimum Gasteiger partial charge on any atom is -0.306 e.